The summed E-state index contributed by atoms with van der Waals surface area (Å²) in [4.78, 5) is 18.2. The summed E-state index contributed by atoms with van der Waals surface area (Å²) in [6, 6.07) is 2.12. The second-order valence-electron chi connectivity index (χ2n) is 6.74. The molecule has 2 atom stereocenters. The average molecular weight is 355 g/mol. The molecule has 0 bridgehead atoms. The van der Waals surface area contributed by atoms with Crippen LogP contribution in [0.4, 0.5) is 4.79 Å². The second-order valence-corrected chi connectivity index (χ2v) is 7.65. The fourth-order valence-corrected chi connectivity index (χ4v) is 3.15. The maximum absolute atomic E-state index is 12.1. The standard InChI is InChI=1S/C16H23BrN2O2/c1-11-10-19(15(20)21-16(2,3)4)6-5-14(11)12-7-13(17)9-18-8-12/h7-9,11,14H,5-6,10H2,1-4H3. The lowest BCUT2D eigenvalue weighted by molar-refractivity contribution is 0.0155. The quantitative estimate of drug-likeness (QED) is 0.758. The predicted molar refractivity (Wildman–Crippen MR) is 86.3 cm³/mol. The van der Waals surface area contributed by atoms with Crippen LogP contribution in [-0.2, 0) is 4.74 Å². The van der Waals surface area contributed by atoms with E-state index in [0.717, 1.165) is 24.0 Å². The molecule has 0 spiro atoms. The highest BCUT2D eigenvalue weighted by atomic mass is 79.9. The van der Waals surface area contributed by atoms with Gasteiger partial charge in [0, 0.05) is 30.0 Å². The van der Waals surface area contributed by atoms with Gasteiger partial charge in [-0.2, -0.15) is 0 Å². The van der Waals surface area contributed by atoms with Crippen molar-refractivity contribution >= 4 is 22.0 Å². The van der Waals surface area contributed by atoms with Crippen molar-refractivity contribution in [2.75, 3.05) is 13.1 Å². The number of ether oxygens (including phenoxy) is 1. The van der Waals surface area contributed by atoms with Gasteiger partial charge in [0.25, 0.3) is 0 Å². The van der Waals surface area contributed by atoms with Gasteiger partial charge in [-0.3, -0.25) is 4.98 Å². The summed E-state index contributed by atoms with van der Waals surface area (Å²) in [6.07, 6.45) is 4.46. The van der Waals surface area contributed by atoms with Crippen LogP contribution in [0.1, 0.15) is 45.6 Å². The summed E-state index contributed by atoms with van der Waals surface area (Å²) in [5, 5.41) is 0. The Labute approximate surface area is 135 Å². The van der Waals surface area contributed by atoms with Gasteiger partial charge in [0.15, 0.2) is 0 Å². The first-order chi connectivity index (χ1) is 9.76. The molecule has 0 aromatic carbocycles. The zero-order chi connectivity index (χ0) is 15.6. The topological polar surface area (TPSA) is 42.4 Å². The van der Waals surface area contributed by atoms with E-state index in [1.165, 1.54) is 5.56 Å². The fourth-order valence-electron chi connectivity index (χ4n) is 2.76. The normalized spacial score (nSPS) is 23.0. The summed E-state index contributed by atoms with van der Waals surface area (Å²) < 4.78 is 6.45. The first-order valence-electron chi connectivity index (χ1n) is 7.34. The van der Waals surface area contributed by atoms with Gasteiger partial charge in [0.1, 0.15) is 5.60 Å². The number of hydrogen-bond donors (Lipinski definition) is 0. The van der Waals surface area contributed by atoms with Crippen LogP contribution in [0.5, 0.6) is 0 Å². The number of aromatic nitrogens is 1. The Morgan fingerprint density at radius 3 is 2.71 bits per heavy atom. The summed E-state index contributed by atoms with van der Waals surface area (Å²) in [5.74, 6) is 0.830. The van der Waals surface area contributed by atoms with E-state index in [0.29, 0.717) is 11.8 Å². The molecule has 1 saturated heterocycles. The minimum Gasteiger partial charge on any atom is -0.444 e. The lowest BCUT2D eigenvalue weighted by Gasteiger charge is -2.37. The molecule has 2 unspecified atom stereocenters. The summed E-state index contributed by atoms with van der Waals surface area (Å²) in [6.45, 7) is 9.33. The monoisotopic (exact) mass is 354 g/mol. The minimum absolute atomic E-state index is 0.208. The van der Waals surface area contributed by atoms with Crippen molar-refractivity contribution in [3.63, 3.8) is 0 Å². The van der Waals surface area contributed by atoms with Crippen molar-refractivity contribution in [3.8, 4) is 0 Å². The zero-order valence-electron chi connectivity index (χ0n) is 13.1. The van der Waals surface area contributed by atoms with Crippen LogP contribution in [0, 0.1) is 5.92 Å². The number of hydrogen-bond acceptors (Lipinski definition) is 3. The average Bonchev–Trinajstić information content (AvgIpc) is 2.36. The largest absolute Gasteiger partial charge is 0.444 e. The Morgan fingerprint density at radius 2 is 2.14 bits per heavy atom. The third kappa shape index (κ3) is 4.43. The van der Waals surface area contributed by atoms with Crippen molar-refractivity contribution in [3.05, 3.63) is 28.5 Å². The highest BCUT2D eigenvalue weighted by Gasteiger charge is 2.32. The third-order valence-corrected chi connectivity index (χ3v) is 4.14. The number of carbonyl (C=O) groups excluding carboxylic acids is 1. The van der Waals surface area contributed by atoms with Crippen molar-refractivity contribution in [1.29, 1.82) is 0 Å². The van der Waals surface area contributed by atoms with Crippen LogP contribution in [0.2, 0.25) is 0 Å². The summed E-state index contributed by atoms with van der Waals surface area (Å²) in [7, 11) is 0. The molecule has 21 heavy (non-hydrogen) atoms. The van der Waals surface area contributed by atoms with Crippen molar-refractivity contribution < 1.29 is 9.53 Å². The van der Waals surface area contributed by atoms with E-state index in [4.69, 9.17) is 4.74 Å². The molecule has 2 rings (SSSR count). The molecule has 116 valence electrons. The van der Waals surface area contributed by atoms with Crippen LogP contribution < -0.4 is 0 Å². The van der Waals surface area contributed by atoms with E-state index in [-0.39, 0.29) is 6.09 Å². The Morgan fingerprint density at radius 1 is 1.43 bits per heavy atom. The maximum atomic E-state index is 12.1. The van der Waals surface area contributed by atoms with Crippen molar-refractivity contribution in [2.45, 2.75) is 45.6 Å². The molecule has 1 aromatic heterocycles. The number of likely N-dealkylation sites (tertiary alicyclic amines) is 1. The second kappa shape index (κ2) is 6.34. The lowest BCUT2D eigenvalue weighted by atomic mass is 9.82. The molecule has 0 radical (unpaired) electrons. The molecular weight excluding hydrogens is 332 g/mol. The Balaban J connectivity index is 2.01. The first-order valence-corrected chi connectivity index (χ1v) is 8.14. The number of amides is 1. The number of rotatable bonds is 1. The fraction of sp³-hybridized carbons (Fsp3) is 0.625. The number of piperidine rings is 1. The van der Waals surface area contributed by atoms with Crippen molar-refractivity contribution in [2.24, 2.45) is 5.92 Å². The van der Waals surface area contributed by atoms with Gasteiger partial charge >= 0.3 is 6.09 Å². The summed E-state index contributed by atoms with van der Waals surface area (Å²) >= 11 is 3.47. The van der Waals surface area contributed by atoms with Crippen LogP contribution >= 0.6 is 15.9 Å². The number of carbonyl (C=O) groups is 1. The molecule has 1 fully saturated rings. The maximum Gasteiger partial charge on any atom is 0.410 e. The van der Waals surface area contributed by atoms with E-state index in [1.807, 2.05) is 31.9 Å². The van der Waals surface area contributed by atoms with Gasteiger partial charge < -0.3 is 9.64 Å². The molecule has 4 nitrogen and oxygen atoms in total. The molecule has 1 aromatic rings. The van der Waals surface area contributed by atoms with Gasteiger partial charge in [-0.1, -0.05) is 6.92 Å². The van der Waals surface area contributed by atoms with E-state index in [2.05, 4.69) is 33.9 Å². The first kappa shape index (κ1) is 16.3. The molecule has 2 heterocycles. The molecule has 0 N–H and O–H groups in total. The van der Waals surface area contributed by atoms with Gasteiger partial charge in [-0.25, -0.2) is 4.79 Å². The smallest absolute Gasteiger partial charge is 0.410 e. The Hall–Kier alpha value is -1.10. The molecule has 0 aliphatic carbocycles. The SMILES string of the molecule is CC1CN(C(=O)OC(C)(C)C)CCC1c1cncc(Br)c1. The van der Waals surface area contributed by atoms with E-state index in [1.54, 1.807) is 6.20 Å². The van der Waals surface area contributed by atoms with E-state index >= 15 is 0 Å². The molecule has 1 amide bonds. The highest BCUT2D eigenvalue weighted by molar-refractivity contribution is 9.10. The zero-order valence-corrected chi connectivity index (χ0v) is 14.7. The molecule has 1 aliphatic heterocycles. The number of halogens is 1. The predicted octanol–water partition coefficient (Wildman–Crippen LogP) is 4.20. The molecule has 0 saturated carbocycles. The Kier molecular flexibility index (Phi) is 4.91. The number of nitrogens with zero attached hydrogens (tertiary/aromatic N) is 2. The minimum atomic E-state index is -0.439. The van der Waals surface area contributed by atoms with Crippen molar-refractivity contribution in [1.82, 2.24) is 9.88 Å². The van der Waals surface area contributed by atoms with Gasteiger partial charge in [0.2, 0.25) is 0 Å². The van der Waals surface area contributed by atoms with Crippen LogP contribution in [0.3, 0.4) is 0 Å². The van der Waals surface area contributed by atoms with Crippen LogP contribution in [0.25, 0.3) is 0 Å². The lowest BCUT2D eigenvalue weighted by Crippen LogP contribution is -2.44. The number of pyridine rings is 1. The van der Waals surface area contributed by atoms with Gasteiger partial charge in [-0.15, -0.1) is 0 Å². The molecule has 5 heteroatoms. The molecular formula is C16H23BrN2O2. The van der Waals surface area contributed by atoms with E-state index in [9.17, 15) is 4.79 Å². The summed E-state index contributed by atoms with van der Waals surface area (Å²) in [5.41, 5.74) is 0.798. The van der Waals surface area contributed by atoms with Gasteiger partial charge in [-0.05, 0) is 66.6 Å². The van der Waals surface area contributed by atoms with Crippen LogP contribution in [-0.4, -0.2) is 34.7 Å². The van der Waals surface area contributed by atoms with E-state index < -0.39 is 5.60 Å². The van der Waals surface area contributed by atoms with Gasteiger partial charge in [0.05, 0.1) is 0 Å². The Bertz CT molecular complexity index is 513. The molecule has 1 aliphatic rings. The third-order valence-electron chi connectivity index (χ3n) is 3.71. The van der Waals surface area contributed by atoms with Crippen LogP contribution in [0.15, 0.2) is 22.9 Å². The highest BCUT2D eigenvalue weighted by Crippen LogP contribution is 2.33.